The van der Waals surface area contributed by atoms with Gasteiger partial charge in [-0.3, -0.25) is 9.59 Å². The molecule has 0 spiro atoms. The van der Waals surface area contributed by atoms with Gasteiger partial charge in [0.1, 0.15) is 6.04 Å². The topological polar surface area (TPSA) is 99.7 Å². The predicted octanol–water partition coefficient (Wildman–Crippen LogP) is 1.52. The molecule has 1 atom stereocenters. The molecular formula is C17H26N4O4S2. The summed E-state index contributed by atoms with van der Waals surface area (Å²) in [6.07, 6.45) is 9.00. The number of hydrogen-bond acceptors (Lipinski definition) is 6. The third-order valence-electron chi connectivity index (χ3n) is 5.31. The van der Waals surface area contributed by atoms with Crippen molar-refractivity contribution in [3.05, 3.63) is 11.6 Å². The van der Waals surface area contributed by atoms with Crippen LogP contribution in [0.15, 0.2) is 11.6 Å². The Bertz CT molecular complexity index is 760. The van der Waals surface area contributed by atoms with Gasteiger partial charge in [-0.25, -0.2) is 13.4 Å². The summed E-state index contributed by atoms with van der Waals surface area (Å²) in [5.41, 5.74) is 0. The van der Waals surface area contributed by atoms with Crippen LogP contribution in [-0.4, -0.2) is 66.4 Å². The smallest absolute Gasteiger partial charge is 0.248 e. The molecule has 1 aliphatic heterocycles. The highest BCUT2D eigenvalue weighted by molar-refractivity contribution is 7.88. The van der Waals surface area contributed by atoms with E-state index in [1.54, 1.807) is 16.5 Å². The fourth-order valence-corrected chi connectivity index (χ4v) is 5.16. The summed E-state index contributed by atoms with van der Waals surface area (Å²) in [7, 11) is -3.42. The van der Waals surface area contributed by atoms with E-state index < -0.39 is 16.1 Å². The number of nitrogens with one attached hydrogen (secondary N) is 1. The van der Waals surface area contributed by atoms with Gasteiger partial charge in [-0.2, -0.15) is 4.31 Å². The number of thiazole rings is 1. The van der Waals surface area contributed by atoms with Gasteiger partial charge >= 0.3 is 0 Å². The fourth-order valence-electron chi connectivity index (χ4n) is 3.87. The first-order valence-corrected chi connectivity index (χ1v) is 12.0. The van der Waals surface area contributed by atoms with Crippen molar-refractivity contribution in [2.24, 2.45) is 5.92 Å². The Balaban J connectivity index is 1.74. The molecule has 2 heterocycles. The number of aromatic nitrogens is 1. The first kappa shape index (κ1) is 20.2. The minimum Gasteiger partial charge on any atom is -0.328 e. The Labute approximate surface area is 164 Å². The van der Waals surface area contributed by atoms with Gasteiger partial charge in [0, 0.05) is 24.7 Å². The van der Waals surface area contributed by atoms with Crippen molar-refractivity contribution in [2.75, 3.05) is 31.2 Å². The van der Waals surface area contributed by atoms with E-state index in [-0.39, 0.29) is 31.4 Å². The molecule has 1 aromatic heterocycles. The molecule has 1 N–H and O–H groups in total. The van der Waals surface area contributed by atoms with Gasteiger partial charge in [0.05, 0.1) is 12.8 Å². The Hall–Kier alpha value is -1.52. The van der Waals surface area contributed by atoms with Crippen LogP contribution in [0.2, 0.25) is 0 Å². The van der Waals surface area contributed by atoms with Crippen LogP contribution in [0, 0.1) is 5.92 Å². The van der Waals surface area contributed by atoms with Gasteiger partial charge in [-0.15, -0.1) is 11.3 Å². The molecule has 1 aromatic rings. The zero-order valence-electron chi connectivity index (χ0n) is 15.5. The van der Waals surface area contributed by atoms with Crippen LogP contribution >= 0.6 is 11.3 Å². The average molecular weight is 415 g/mol. The van der Waals surface area contributed by atoms with Crippen molar-refractivity contribution >= 4 is 38.3 Å². The number of sulfonamides is 1. The van der Waals surface area contributed by atoms with E-state index in [9.17, 15) is 18.0 Å². The summed E-state index contributed by atoms with van der Waals surface area (Å²) in [6, 6.07) is -0.591. The zero-order chi connectivity index (χ0) is 19.4. The fraction of sp³-hybridized carbons (Fsp3) is 0.706. The molecule has 2 fully saturated rings. The van der Waals surface area contributed by atoms with Gasteiger partial charge in [-0.1, -0.05) is 32.1 Å². The van der Waals surface area contributed by atoms with E-state index in [4.69, 9.17) is 0 Å². The van der Waals surface area contributed by atoms with E-state index in [1.165, 1.54) is 22.1 Å². The summed E-state index contributed by atoms with van der Waals surface area (Å²) in [5.74, 6) is -0.148. The van der Waals surface area contributed by atoms with Gasteiger partial charge in [0.2, 0.25) is 21.8 Å². The molecule has 3 rings (SSSR count). The van der Waals surface area contributed by atoms with Crippen molar-refractivity contribution in [2.45, 2.75) is 44.6 Å². The maximum atomic E-state index is 12.9. The monoisotopic (exact) mass is 414 g/mol. The van der Waals surface area contributed by atoms with Crippen molar-refractivity contribution in [1.29, 1.82) is 0 Å². The third kappa shape index (κ3) is 5.26. The van der Waals surface area contributed by atoms with E-state index in [2.05, 4.69) is 10.3 Å². The molecule has 0 unspecified atom stereocenters. The number of piperazine rings is 1. The van der Waals surface area contributed by atoms with E-state index in [0.717, 1.165) is 31.9 Å². The van der Waals surface area contributed by atoms with E-state index in [1.807, 2.05) is 0 Å². The van der Waals surface area contributed by atoms with Gasteiger partial charge in [0.15, 0.2) is 5.13 Å². The lowest BCUT2D eigenvalue weighted by Gasteiger charge is -2.39. The molecule has 0 aromatic carbocycles. The second kappa shape index (κ2) is 8.66. The van der Waals surface area contributed by atoms with Crippen LogP contribution in [0.25, 0.3) is 0 Å². The largest absolute Gasteiger partial charge is 0.328 e. The van der Waals surface area contributed by atoms with Gasteiger partial charge < -0.3 is 10.2 Å². The first-order valence-electron chi connectivity index (χ1n) is 9.29. The molecule has 0 bridgehead atoms. The highest BCUT2D eigenvalue weighted by Crippen LogP contribution is 2.30. The molecule has 0 radical (unpaired) electrons. The molecule has 27 heavy (non-hydrogen) atoms. The molecule has 10 heteroatoms. The minimum atomic E-state index is -3.42. The van der Waals surface area contributed by atoms with Crippen molar-refractivity contribution in [3.8, 4) is 0 Å². The first-order chi connectivity index (χ1) is 12.8. The number of carbonyl (C=O) groups excluding carboxylic acids is 2. The Morgan fingerprint density at radius 2 is 2.07 bits per heavy atom. The molecular weight excluding hydrogens is 388 g/mol. The molecule has 1 aliphatic carbocycles. The standard InChI is InChI=1S/C17H26N4O4S2/c1-27(24,25)20-8-9-21(15(22)12-20)14(11-13-5-3-2-4-6-13)16(23)19-17-18-7-10-26-17/h7,10,13-14H,2-6,8-9,11-12H2,1H3,(H,18,19,23)/t14-/m0/s1. The molecule has 8 nitrogen and oxygen atoms in total. The third-order valence-corrected chi connectivity index (χ3v) is 7.25. The lowest BCUT2D eigenvalue weighted by molar-refractivity contribution is -0.142. The van der Waals surface area contributed by atoms with Crippen molar-refractivity contribution in [3.63, 3.8) is 0 Å². The Morgan fingerprint density at radius 1 is 1.33 bits per heavy atom. The molecule has 2 aliphatic rings. The molecule has 1 saturated heterocycles. The summed E-state index contributed by atoms with van der Waals surface area (Å²) < 4.78 is 24.6. The minimum absolute atomic E-state index is 0.204. The summed E-state index contributed by atoms with van der Waals surface area (Å²) in [5, 5.41) is 5.10. The SMILES string of the molecule is CS(=O)(=O)N1CCN([C@@H](CC2CCCCC2)C(=O)Nc2nccs2)C(=O)C1. The zero-order valence-corrected chi connectivity index (χ0v) is 17.1. The summed E-state index contributed by atoms with van der Waals surface area (Å²) in [4.78, 5) is 31.2. The number of rotatable bonds is 6. The van der Waals surface area contributed by atoms with Crippen molar-refractivity contribution in [1.82, 2.24) is 14.2 Å². The van der Waals surface area contributed by atoms with Crippen LogP contribution in [0.5, 0.6) is 0 Å². The maximum Gasteiger partial charge on any atom is 0.248 e. The summed E-state index contributed by atoms with van der Waals surface area (Å²) >= 11 is 1.33. The Kier molecular flexibility index (Phi) is 6.48. The lowest BCUT2D eigenvalue weighted by atomic mass is 9.84. The number of hydrogen-bond donors (Lipinski definition) is 1. The van der Waals surface area contributed by atoms with Gasteiger partial charge in [0.25, 0.3) is 0 Å². The lowest BCUT2D eigenvalue weighted by Crippen LogP contribution is -2.58. The van der Waals surface area contributed by atoms with Crippen LogP contribution in [0.3, 0.4) is 0 Å². The Morgan fingerprint density at radius 3 is 2.67 bits per heavy atom. The normalized spacial score (nSPS) is 21.2. The van der Waals surface area contributed by atoms with Crippen LogP contribution in [-0.2, 0) is 19.6 Å². The van der Waals surface area contributed by atoms with E-state index in [0.29, 0.717) is 17.5 Å². The number of anilines is 1. The maximum absolute atomic E-state index is 12.9. The second-order valence-electron chi connectivity index (χ2n) is 7.27. The van der Waals surface area contributed by atoms with Crippen LogP contribution in [0.1, 0.15) is 38.5 Å². The van der Waals surface area contributed by atoms with E-state index >= 15 is 0 Å². The molecule has 2 amide bonds. The average Bonchev–Trinajstić information content (AvgIpc) is 3.13. The second-order valence-corrected chi connectivity index (χ2v) is 10.1. The van der Waals surface area contributed by atoms with Crippen LogP contribution < -0.4 is 5.32 Å². The summed E-state index contributed by atoms with van der Waals surface area (Å²) in [6.45, 7) is 0.245. The van der Waals surface area contributed by atoms with Crippen molar-refractivity contribution < 1.29 is 18.0 Å². The van der Waals surface area contributed by atoms with Crippen LogP contribution in [0.4, 0.5) is 5.13 Å². The number of amides is 2. The number of nitrogens with zero attached hydrogens (tertiary/aromatic N) is 3. The quantitative estimate of drug-likeness (QED) is 0.761. The number of carbonyl (C=O) groups is 2. The van der Waals surface area contributed by atoms with Gasteiger partial charge in [-0.05, 0) is 12.3 Å². The molecule has 1 saturated carbocycles. The highest BCUT2D eigenvalue weighted by atomic mass is 32.2. The molecule has 150 valence electrons. The highest BCUT2D eigenvalue weighted by Gasteiger charge is 2.37. The predicted molar refractivity (Wildman–Crippen MR) is 104 cm³/mol.